The first-order chi connectivity index (χ1) is 11.1. The van der Waals surface area contributed by atoms with Crippen LogP contribution in [0, 0.1) is 12.8 Å². The van der Waals surface area contributed by atoms with Gasteiger partial charge in [0.15, 0.2) is 0 Å². The van der Waals surface area contributed by atoms with Crippen molar-refractivity contribution in [2.24, 2.45) is 5.92 Å². The first-order valence-corrected chi connectivity index (χ1v) is 9.25. The average Bonchev–Trinajstić information content (AvgIpc) is 2.85. The third kappa shape index (κ3) is 3.52. The van der Waals surface area contributed by atoms with Gasteiger partial charge in [-0.2, -0.15) is 0 Å². The molecule has 1 aromatic rings. The predicted octanol–water partition coefficient (Wildman–Crippen LogP) is 3.06. The lowest BCUT2D eigenvalue weighted by molar-refractivity contribution is 0.0946. The Morgan fingerprint density at radius 1 is 1.39 bits per heavy atom. The normalized spacial score (nSPS) is 18.7. The first-order valence-electron chi connectivity index (χ1n) is 8.43. The van der Waals surface area contributed by atoms with Gasteiger partial charge in [-0.3, -0.25) is 4.79 Å². The lowest BCUT2D eigenvalue weighted by Crippen LogP contribution is -2.37. The van der Waals surface area contributed by atoms with Crippen LogP contribution >= 0.6 is 11.3 Å². The van der Waals surface area contributed by atoms with E-state index in [2.05, 4.69) is 12.2 Å². The molecule has 0 spiro atoms. The summed E-state index contributed by atoms with van der Waals surface area (Å²) in [5.41, 5.74) is 2.09. The van der Waals surface area contributed by atoms with Gasteiger partial charge in [0.05, 0.1) is 5.56 Å². The second-order valence-corrected chi connectivity index (χ2v) is 7.75. The van der Waals surface area contributed by atoms with E-state index in [1.165, 1.54) is 20.2 Å². The minimum atomic E-state index is -0.790. The summed E-state index contributed by atoms with van der Waals surface area (Å²) < 4.78 is 0. The van der Waals surface area contributed by atoms with E-state index in [0.717, 1.165) is 50.6 Å². The number of carbonyl (C=O) groups is 2. The predicted molar refractivity (Wildman–Crippen MR) is 90.4 cm³/mol. The summed E-state index contributed by atoms with van der Waals surface area (Å²) in [5, 5.41) is 11.9. The Morgan fingerprint density at radius 3 is 2.78 bits per heavy atom. The van der Waals surface area contributed by atoms with Crippen LogP contribution in [0.3, 0.4) is 0 Å². The number of carboxylic acid groups (broad SMARTS) is 1. The summed E-state index contributed by atoms with van der Waals surface area (Å²) in [6, 6.07) is 0. The molecule has 0 aromatic carbocycles. The highest BCUT2D eigenvalue weighted by atomic mass is 32.1. The smallest absolute Gasteiger partial charge is 0.407 e. The molecule has 126 valence electrons. The monoisotopic (exact) mass is 336 g/mol. The molecule has 0 atom stereocenters. The lowest BCUT2D eigenvalue weighted by Gasteiger charge is -2.29. The topological polar surface area (TPSA) is 69.6 Å². The van der Waals surface area contributed by atoms with Crippen molar-refractivity contribution in [3.05, 3.63) is 20.9 Å². The van der Waals surface area contributed by atoms with Gasteiger partial charge in [-0.1, -0.05) is 0 Å². The molecular formula is C17H24N2O3S. The van der Waals surface area contributed by atoms with Gasteiger partial charge in [0, 0.05) is 29.4 Å². The van der Waals surface area contributed by atoms with Gasteiger partial charge in [-0.05, 0) is 56.9 Å². The number of amides is 2. The van der Waals surface area contributed by atoms with Gasteiger partial charge < -0.3 is 15.3 Å². The van der Waals surface area contributed by atoms with E-state index in [-0.39, 0.29) is 5.91 Å². The molecule has 2 aliphatic rings. The minimum absolute atomic E-state index is 0.0901. The molecule has 23 heavy (non-hydrogen) atoms. The highest BCUT2D eigenvalue weighted by Gasteiger charge is 2.25. The number of hydrogen-bond acceptors (Lipinski definition) is 3. The zero-order valence-corrected chi connectivity index (χ0v) is 14.4. The number of rotatable bonds is 4. The Bertz CT molecular complexity index is 603. The number of carbonyl (C=O) groups excluding carboxylic acids is 1. The molecule has 1 aromatic heterocycles. The Morgan fingerprint density at radius 2 is 2.13 bits per heavy atom. The van der Waals surface area contributed by atoms with Crippen LogP contribution in [0.1, 0.15) is 51.4 Å². The van der Waals surface area contributed by atoms with Gasteiger partial charge in [-0.25, -0.2) is 4.79 Å². The van der Waals surface area contributed by atoms with E-state index in [9.17, 15) is 9.59 Å². The summed E-state index contributed by atoms with van der Waals surface area (Å²) in [6.07, 6.45) is 5.45. The van der Waals surface area contributed by atoms with E-state index in [1.54, 1.807) is 0 Å². The molecule has 5 nitrogen and oxygen atoms in total. The van der Waals surface area contributed by atoms with Crippen molar-refractivity contribution in [2.45, 2.75) is 45.4 Å². The van der Waals surface area contributed by atoms with Crippen molar-refractivity contribution in [3.8, 4) is 0 Å². The van der Waals surface area contributed by atoms with E-state index < -0.39 is 6.09 Å². The first kappa shape index (κ1) is 16.3. The molecule has 0 unspecified atom stereocenters. The summed E-state index contributed by atoms with van der Waals surface area (Å²) in [6.45, 7) is 4.17. The van der Waals surface area contributed by atoms with Gasteiger partial charge >= 0.3 is 6.09 Å². The summed E-state index contributed by atoms with van der Waals surface area (Å²) in [5.74, 6) is 0.732. The van der Waals surface area contributed by atoms with Crippen LogP contribution in [-0.2, 0) is 12.8 Å². The molecule has 3 heterocycles. The van der Waals surface area contributed by atoms with Crippen molar-refractivity contribution < 1.29 is 14.7 Å². The fraction of sp³-hybridized carbons (Fsp3) is 0.647. The summed E-state index contributed by atoms with van der Waals surface area (Å²) >= 11 is 1.81. The largest absolute Gasteiger partial charge is 0.465 e. The van der Waals surface area contributed by atoms with E-state index in [4.69, 9.17) is 5.11 Å². The van der Waals surface area contributed by atoms with Crippen molar-refractivity contribution in [1.29, 1.82) is 0 Å². The third-order valence-corrected chi connectivity index (χ3v) is 6.50. The number of aryl methyl sites for hydroxylation is 1. The number of likely N-dealkylation sites (tertiary alicyclic amines) is 1. The maximum atomic E-state index is 12.0. The van der Waals surface area contributed by atoms with E-state index in [1.807, 2.05) is 11.3 Å². The van der Waals surface area contributed by atoms with Crippen LogP contribution in [-0.4, -0.2) is 41.6 Å². The number of nitrogens with zero attached hydrogens (tertiary/aromatic N) is 1. The van der Waals surface area contributed by atoms with Crippen molar-refractivity contribution >= 4 is 23.3 Å². The molecule has 2 aliphatic heterocycles. The fourth-order valence-electron chi connectivity index (χ4n) is 3.68. The van der Waals surface area contributed by atoms with Crippen molar-refractivity contribution in [3.63, 3.8) is 0 Å². The highest BCUT2D eigenvalue weighted by molar-refractivity contribution is 7.12. The molecule has 0 aliphatic carbocycles. The average molecular weight is 336 g/mol. The Labute approximate surface area is 140 Å². The van der Waals surface area contributed by atoms with Crippen LogP contribution in [0.4, 0.5) is 4.79 Å². The number of nitrogens with one attached hydrogen (secondary N) is 1. The fourth-order valence-corrected chi connectivity index (χ4v) is 5.03. The lowest BCUT2D eigenvalue weighted by atomic mass is 9.91. The second kappa shape index (κ2) is 6.91. The summed E-state index contributed by atoms with van der Waals surface area (Å²) in [4.78, 5) is 27.0. The summed E-state index contributed by atoms with van der Waals surface area (Å²) in [7, 11) is 0. The Kier molecular flexibility index (Phi) is 4.90. The molecule has 6 heteroatoms. The number of fused-ring (bicyclic) bond motifs is 1. The SMILES string of the molecule is Cc1c(CCCC2CCN(C(=O)O)CC2)sc2c1C(=O)NCC2. The zero-order valence-electron chi connectivity index (χ0n) is 13.6. The number of thiophene rings is 1. The molecule has 1 saturated heterocycles. The Hall–Kier alpha value is -1.56. The molecule has 2 amide bonds. The van der Waals surface area contributed by atoms with Crippen LogP contribution in [0.2, 0.25) is 0 Å². The highest BCUT2D eigenvalue weighted by Crippen LogP contribution is 2.32. The number of piperidine rings is 1. The Balaban J connectivity index is 1.50. The zero-order chi connectivity index (χ0) is 16.4. The molecule has 1 fully saturated rings. The second-order valence-electron chi connectivity index (χ2n) is 6.56. The molecule has 3 rings (SSSR count). The van der Waals surface area contributed by atoms with Gasteiger partial charge in [0.25, 0.3) is 5.91 Å². The maximum absolute atomic E-state index is 12.0. The quantitative estimate of drug-likeness (QED) is 0.888. The van der Waals surface area contributed by atoms with Gasteiger partial charge in [-0.15, -0.1) is 11.3 Å². The minimum Gasteiger partial charge on any atom is -0.465 e. The van der Waals surface area contributed by atoms with E-state index >= 15 is 0 Å². The van der Waals surface area contributed by atoms with Crippen molar-refractivity contribution in [1.82, 2.24) is 10.2 Å². The molecule has 0 saturated carbocycles. The molecular weight excluding hydrogens is 312 g/mol. The standard InChI is InChI=1S/C17H24N2O3S/c1-11-13(23-14-5-8-18-16(20)15(11)14)4-2-3-12-6-9-19(10-7-12)17(21)22/h12H,2-10H2,1H3,(H,18,20)(H,21,22). The van der Waals surface area contributed by atoms with Crippen LogP contribution in [0.15, 0.2) is 0 Å². The number of hydrogen-bond donors (Lipinski definition) is 2. The third-order valence-electron chi connectivity index (χ3n) is 5.08. The van der Waals surface area contributed by atoms with Gasteiger partial charge in [0.2, 0.25) is 0 Å². The van der Waals surface area contributed by atoms with E-state index in [0.29, 0.717) is 19.0 Å². The molecule has 2 N–H and O–H groups in total. The van der Waals surface area contributed by atoms with Crippen molar-refractivity contribution in [2.75, 3.05) is 19.6 Å². The van der Waals surface area contributed by atoms with Gasteiger partial charge in [0.1, 0.15) is 0 Å². The molecule has 0 bridgehead atoms. The van der Waals surface area contributed by atoms with Crippen LogP contribution in [0.25, 0.3) is 0 Å². The van der Waals surface area contributed by atoms with Crippen LogP contribution < -0.4 is 5.32 Å². The maximum Gasteiger partial charge on any atom is 0.407 e. The molecule has 0 radical (unpaired) electrons. The van der Waals surface area contributed by atoms with Crippen LogP contribution in [0.5, 0.6) is 0 Å².